The summed E-state index contributed by atoms with van der Waals surface area (Å²) in [6.45, 7) is 2.66. The molecule has 0 spiro atoms. The first-order valence-corrected chi connectivity index (χ1v) is 7.20. The van der Waals surface area contributed by atoms with E-state index >= 15 is 0 Å². The lowest BCUT2D eigenvalue weighted by atomic mass is 10.1. The number of hydrogen-bond acceptors (Lipinski definition) is 3. The van der Waals surface area contributed by atoms with Crippen LogP contribution in [-0.4, -0.2) is 31.1 Å². The van der Waals surface area contributed by atoms with Crippen LogP contribution < -0.4 is 9.47 Å². The first-order valence-electron chi connectivity index (χ1n) is 7.20. The molecule has 1 aromatic rings. The summed E-state index contributed by atoms with van der Waals surface area (Å²) in [5, 5.41) is 0. The Morgan fingerprint density at radius 3 is 2.60 bits per heavy atom. The van der Waals surface area contributed by atoms with Crippen LogP contribution in [0, 0.1) is 0 Å². The molecule has 110 valence electrons. The molecule has 0 bridgehead atoms. The normalized spacial score (nSPS) is 13.9. The lowest BCUT2D eigenvalue weighted by molar-refractivity contribution is -0.132. The van der Waals surface area contributed by atoms with E-state index in [-0.39, 0.29) is 5.91 Å². The molecule has 2 rings (SSSR count). The van der Waals surface area contributed by atoms with Gasteiger partial charge >= 0.3 is 0 Å². The average molecular weight is 277 g/mol. The molecule has 20 heavy (non-hydrogen) atoms. The highest BCUT2D eigenvalue weighted by atomic mass is 16.5. The minimum atomic E-state index is 0.243. The summed E-state index contributed by atoms with van der Waals surface area (Å²) in [5.41, 5.74) is 1.03. The van der Waals surface area contributed by atoms with E-state index in [4.69, 9.17) is 9.47 Å². The zero-order chi connectivity index (χ0) is 14.5. The Kier molecular flexibility index (Phi) is 4.88. The Morgan fingerprint density at radius 1 is 1.30 bits per heavy atom. The van der Waals surface area contributed by atoms with Crippen molar-refractivity contribution in [3.8, 4) is 11.5 Å². The minimum Gasteiger partial charge on any atom is -0.497 e. The Bertz CT molecular complexity index is 469. The monoisotopic (exact) mass is 277 g/mol. The van der Waals surface area contributed by atoms with Gasteiger partial charge in [-0.3, -0.25) is 4.79 Å². The van der Waals surface area contributed by atoms with E-state index in [1.807, 2.05) is 30.0 Å². The fourth-order valence-corrected chi connectivity index (χ4v) is 2.33. The number of amides is 1. The van der Waals surface area contributed by atoms with Crippen molar-refractivity contribution in [2.45, 2.75) is 45.2 Å². The molecule has 1 aromatic carbocycles. The molecular weight excluding hydrogens is 254 g/mol. The summed E-state index contributed by atoms with van der Waals surface area (Å²) < 4.78 is 10.6. The third kappa shape index (κ3) is 3.44. The first-order chi connectivity index (χ1) is 9.69. The number of ether oxygens (including phenoxy) is 2. The van der Waals surface area contributed by atoms with Gasteiger partial charge in [0.1, 0.15) is 11.5 Å². The van der Waals surface area contributed by atoms with Crippen LogP contribution in [0.25, 0.3) is 0 Å². The van der Waals surface area contributed by atoms with Crippen molar-refractivity contribution in [3.63, 3.8) is 0 Å². The highest BCUT2D eigenvalue weighted by Gasteiger charge is 2.32. The van der Waals surface area contributed by atoms with Crippen LogP contribution in [0.3, 0.4) is 0 Å². The summed E-state index contributed by atoms with van der Waals surface area (Å²) >= 11 is 0. The molecule has 1 fully saturated rings. The maximum absolute atomic E-state index is 12.2. The van der Waals surface area contributed by atoms with E-state index < -0.39 is 0 Å². The Labute approximate surface area is 120 Å². The molecular formula is C16H23NO3. The van der Waals surface area contributed by atoms with Crippen LogP contribution in [0.4, 0.5) is 0 Å². The van der Waals surface area contributed by atoms with E-state index in [0.29, 0.717) is 19.0 Å². The Morgan fingerprint density at radius 2 is 2.05 bits per heavy atom. The smallest absolute Gasteiger partial charge is 0.223 e. The minimum absolute atomic E-state index is 0.243. The van der Waals surface area contributed by atoms with Crippen LogP contribution in [0.5, 0.6) is 11.5 Å². The van der Waals surface area contributed by atoms with Crippen LogP contribution in [0.15, 0.2) is 18.2 Å². The number of carbonyl (C=O) groups is 1. The zero-order valence-electron chi connectivity index (χ0n) is 12.5. The zero-order valence-corrected chi connectivity index (χ0v) is 12.5. The van der Waals surface area contributed by atoms with Crippen molar-refractivity contribution < 1.29 is 14.3 Å². The molecule has 0 N–H and O–H groups in total. The number of benzene rings is 1. The molecule has 1 amide bonds. The number of rotatable bonds is 7. The molecule has 0 atom stereocenters. The SMILES string of the molecule is CCCC(=O)N(Cc1ccc(OC)cc1OC)C1CC1. The lowest BCUT2D eigenvalue weighted by Crippen LogP contribution is -2.32. The van der Waals surface area contributed by atoms with Crippen molar-refractivity contribution in [2.24, 2.45) is 0 Å². The molecule has 1 saturated carbocycles. The quantitative estimate of drug-likeness (QED) is 0.769. The molecule has 0 radical (unpaired) electrons. The number of nitrogens with zero attached hydrogens (tertiary/aromatic N) is 1. The topological polar surface area (TPSA) is 38.8 Å². The van der Waals surface area contributed by atoms with Gasteiger partial charge in [0.25, 0.3) is 0 Å². The van der Waals surface area contributed by atoms with Gasteiger partial charge < -0.3 is 14.4 Å². The molecule has 0 saturated heterocycles. The number of carbonyl (C=O) groups excluding carboxylic acids is 1. The van der Waals surface area contributed by atoms with Gasteiger partial charge in [-0.2, -0.15) is 0 Å². The van der Waals surface area contributed by atoms with E-state index in [1.165, 1.54) is 0 Å². The number of hydrogen-bond donors (Lipinski definition) is 0. The summed E-state index contributed by atoms with van der Waals surface area (Å²) in [4.78, 5) is 14.2. The van der Waals surface area contributed by atoms with E-state index in [0.717, 1.165) is 36.3 Å². The molecule has 4 nitrogen and oxygen atoms in total. The van der Waals surface area contributed by atoms with Crippen molar-refractivity contribution in [2.75, 3.05) is 14.2 Å². The van der Waals surface area contributed by atoms with Crippen molar-refractivity contribution >= 4 is 5.91 Å². The highest BCUT2D eigenvalue weighted by molar-refractivity contribution is 5.77. The van der Waals surface area contributed by atoms with Crippen LogP contribution in [0.2, 0.25) is 0 Å². The second-order valence-electron chi connectivity index (χ2n) is 5.18. The molecule has 0 aliphatic heterocycles. The van der Waals surface area contributed by atoms with Gasteiger partial charge in [0, 0.05) is 30.6 Å². The first kappa shape index (κ1) is 14.7. The molecule has 1 aliphatic carbocycles. The Balaban J connectivity index is 2.15. The summed E-state index contributed by atoms with van der Waals surface area (Å²) in [7, 11) is 3.28. The molecule has 0 unspecified atom stereocenters. The standard InChI is InChI=1S/C16H23NO3/c1-4-5-16(18)17(13-7-8-13)11-12-6-9-14(19-2)10-15(12)20-3/h6,9-10,13H,4-5,7-8,11H2,1-3H3. The van der Waals surface area contributed by atoms with E-state index in [9.17, 15) is 4.79 Å². The van der Waals surface area contributed by atoms with E-state index in [2.05, 4.69) is 0 Å². The van der Waals surface area contributed by atoms with Gasteiger partial charge in [-0.1, -0.05) is 6.92 Å². The van der Waals surface area contributed by atoms with Crippen LogP contribution in [0.1, 0.15) is 38.2 Å². The van der Waals surface area contributed by atoms with Crippen LogP contribution >= 0.6 is 0 Å². The van der Waals surface area contributed by atoms with Crippen molar-refractivity contribution in [3.05, 3.63) is 23.8 Å². The fourth-order valence-electron chi connectivity index (χ4n) is 2.33. The lowest BCUT2D eigenvalue weighted by Gasteiger charge is -2.23. The molecule has 1 aliphatic rings. The van der Waals surface area contributed by atoms with Gasteiger partial charge in [-0.05, 0) is 31.4 Å². The van der Waals surface area contributed by atoms with Crippen molar-refractivity contribution in [1.29, 1.82) is 0 Å². The fraction of sp³-hybridized carbons (Fsp3) is 0.562. The van der Waals surface area contributed by atoms with Crippen LogP contribution in [-0.2, 0) is 11.3 Å². The predicted molar refractivity (Wildman–Crippen MR) is 78.0 cm³/mol. The van der Waals surface area contributed by atoms with Gasteiger partial charge in [-0.15, -0.1) is 0 Å². The molecule has 4 heteroatoms. The summed E-state index contributed by atoms with van der Waals surface area (Å²) in [5.74, 6) is 1.79. The van der Waals surface area contributed by atoms with Gasteiger partial charge in [0.2, 0.25) is 5.91 Å². The third-order valence-corrected chi connectivity index (χ3v) is 3.61. The highest BCUT2D eigenvalue weighted by Crippen LogP contribution is 2.32. The maximum atomic E-state index is 12.2. The second-order valence-corrected chi connectivity index (χ2v) is 5.18. The predicted octanol–water partition coefficient (Wildman–Crippen LogP) is 2.99. The maximum Gasteiger partial charge on any atom is 0.223 e. The Hall–Kier alpha value is -1.71. The van der Waals surface area contributed by atoms with Gasteiger partial charge in [-0.25, -0.2) is 0 Å². The molecule has 0 aromatic heterocycles. The summed E-state index contributed by atoms with van der Waals surface area (Å²) in [6.07, 6.45) is 3.75. The second kappa shape index (κ2) is 6.64. The van der Waals surface area contributed by atoms with Gasteiger partial charge in [0.05, 0.1) is 14.2 Å². The average Bonchev–Trinajstić information content (AvgIpc) is 3.29. The van der Waals surface area contributed by atoms with Gasteiger partial charge in [0.15, 0.2) is 0 Å². The third-order valence-electron chi connectivity index (χ3n) is 3.61. The number of methoxy groups -OCH3 is 2. The van der Waals surface area contributed by atoms with E-state index in [1.54, 1.807) is 14.2 Å². The van der Waals surface area contributed by atoms with Crippen molar-refractivity contribution in [1.82, 2.24) is 4.90 Å². The summed E-state index contributed by atoms with van der Waals surface area (Å²) in [6, 6.07) is 6.17. The molecule has 0 heterocycles. The largest absolute Gasteiger partial charge is 0.497 e.